The van der Waals surface area contributed by atoms with Crippen molar-refractivity contribution in [2.75, 3.05) is 63.8 Å². The van der Waals surface area contributed by atoms with E-state index >= 15 is 0 Å². The van der Waals surface area contributed by atoms with Crippen LogP contribution in [0.2, 0.25) is 5.02 Å². The lowest BCUT2D eigenvalue weighted by atomic mass is 10.2. The molecular formula is C25H37ClN6O3S. The molecule has 11 heteroatoms. The molecule has 198 valence electrons. The van der Waals surface area contributed by atoms with Crippen molar-refractivity contribution in [2.45, 2.75) is 44.7 Å². The van der Waals surface area contributed by atoms with Gasteiger partial charge < -0.3 is 9.80 Å². The minimum absolute atomic E-state index is 0.120. The molecular weight excluding hydrogens is 500 g/mol. The number of anilines is 1. The van der Waals surface area contributed by atoms with Crippen molar-refractivity contribution in [1.29, 1.82) is 0 Å². The smallest absolute Gasteiger partial charge is 0.263 e. The number of piperazine rings is 2. The number of benzene rings is 1. The lowest BCUT2D eigenvalue weighted by Gasteiger charge is -2.36. The van der Waals surface area contributed by atoms with Gasteiger partial charge in [-0.15, -0.1) is 0 Å². The molecule has 2 aromatic rings. The lowest BCUT2D eigenvalue weighted by Crippen LogP contribution is -2.50. The van der Waals surface area contributed by atoms with Crippen LogP contribution in [0.3, 0.4) is 0 Å². The number of sulfonamides is 1. The zero-order chi connectivity index (χ0) is 25.7. The summed E-state index contributed by atoms with van der Waals surface area (Å²) in [5.41, 5.74) is 1.16. The molecule has 2 fully saturated rings. The molecule has 36 heavy (non-hydrogen) atoms. The first-order valence-electron chi connectivity index (χ1n) is 12.9. The average molecular weight is 537 g/mol. The first kappa shape index (κ1) is 26.9. The first-order chi connectivity index (χ1) is 17.3. The lowest BCUT2D eigenvalue weighted by molar-refractivity contribution is 0.0631. The summed E-state index contributed by atoms with van der Waals surface area (Å²) < 4.78 is 30.5. The minimum Gasteiger partial charge on any atom is -0.369 e. The van der Waals surface area contributed by atoms with E-state index in [1.54, 1.807) is 15.8 Å². The van der Waals surface area contributed by atoms with E-state index < -0.39 is 10.0 Å². The number of carbonyl (C=O) groups excluding carboxylic acids is 1. The molecule has 2 aliphatic heterocycles. The topological polar surface area (TPSA) is 82.0 Å². The Morgan fingerprint density at radius 2 is 1.69 bits per heavy atom. The van der Waals surface area contributed by atoms with Crippen molar-refractivity contribution in [3.63, 3.8) is 0 Å². The summed E-state index contributed by atoms with van der Waals surface area (Å²) >= 11 is 6.13. The van der Waals surface area contributed by atoms with Crippen molar-refractivity contribution in [1.82, 2.24) is 23.9 Å². The SMILES string of the molecule is CCCCN1CCN(C(=O)c2cn(CCC)nc2S(=O)(=O)N2CCN(c3cccc(Cl)c3)CC2)CC1. The van der Waals surface area contributed by atoms with E-state index in [-0.39, 0.29) is 16.5 Å². The zero-order valence-corrected chi connectivity index (χ0v) is 22.8. The van der Waals surface area contributed by atoms with Crippen molar-refractivity contribution in [3.8, 4) is 0 Å². The van der Waals surface area contributed by atoms with Crippen LogP contribution in [0.15, 0.2) is 35.5 Å². The van der Waals surface area contributed by atoms with Crippen LogP contribution in [0.4, 0.5) is 5.69 Å². The van der Waals surface area contributed by atoms with Crippen LogP contribution in [-0.2, 0) is 16.6 Å². The van der Waals surface area contributed by atoms with Gasteiger partial charge in [0.15, 0.2) is 0 Å². The summed E-state index contributed by atoms with van der Waals surface area (Å²) in [6, 6.07) is 7.57. The maximum atomic E-state index is 13.7. The normalized spacial score (nSPS) is 18.1. The molecule has 0 bridgehead atoms. The van der Waals surface area contributed by atoms with Gasteiger partial charge in [0.25, 0.3) is 15.9 Å². The highest BCUT2D eigenvalue weighted by atomic mass is 35.5. The quantitative estimate of drug-likeness (QED) is 0.490. The van der Waals surface area contributed by atoms with Crippen molar-refractivity contribution < 1.29 is 13.2 Å². The van der Waals surface area contributed by atoms with Gasteiger partial charge in [-0.1, -0.05) is 37.9 Å². The van der Waals surface area contributed by atoms with Crippen molar-refractivity contribution >= 4 is 33.2 Å². The fraction of sp³-hybridized carbons (Fsp3) is 0.600. The Kier molecular flexibility index (Phi) is 8.92. The van der Waals surface area contributed by atoms with E-state index in [4.69, 9.17) is 11.6 Å². The third-order valence-corrected chi connectivity index (χ3v) is 8.96. The van der Waals surface area contributed by atoms with Crippen LogP contribution >= 0.6 is 11.6 Å². The highest BCUT2D eigenvalue weighted by molar-refractivity contribution is 7.89. The van der Waals surface area contributed by atoms with Gasteiger partial charge in [0.2, 0.25) is 5.03 Å². The largest absolute Gasteiger partial charge is 0.369 e. The summed E-state index contributed by atoms with van der Waals surface area (Å²) in [6.07, 6.45) is 4.70. The highest BCUT2D eigenvalue weighted by Crippen LogP contribution is 2.25. The van der Waals surface area contributed by atoms with Crippen LogP contribution in [-0.4, -0.2) is 97.1 Å². The number of hydrogen-bond acceptors (Lipinski definition) is 6. The van der Waals surface area contributed by atoms with E-state index in [9.17, 15) is 13.2 Å². The number of aromatic nitrogens is 2. The first-order valence-corrected chi connectivity index (χ1v) is 14.7. The molecule has 3 heterocycles. The van der Waals surface area contributed by atoms with Gasteiger partial charge in [0.05, 0.1) is 5.56 Å². The molecule has 0 spiro atoms. The Morgan fingerprint density at radius 1 is 0.972 bits per heavy atom. The van der Waals surface area contributed by atoms with Crippen LogP contribution in [0.25, 0.3) is 0 Å². The Balaban J connectivity index is 1.49. The predicted molar refractivity (Wildman–Crippen MR) is 142 cm³/mol. The van der Waals surface area contributed by atoms with Crippen LogP contribution in [0.5, 0.6) is 0 Å². The van der Waals surface area contributed by atoms with Crippen LogP contribution in [0.1, 0.15) is 43.5 Å². The molecule has 2 aliphatic rings. The minimum atomic E-state index is -3.92. The predicted octanol–water partition coefficient (Wildman–Crippen LogP) is 3.02. The molecule has 1 amide bonds. The molecule has 0 unspecified atom stereocenters. The van der Waals surface area contributed by atoms with Crippen molar-refractivity contribution in [2.24, 2.45) is 0 Å². The van der Waals surface area contributed by atoms with E-state index in [1.165, 1.54) is 4.31 Å². The Hall–Kier alpha value is -2.14. The molecule has 0 N–H and O–H groups in total. The summed E-state index contributed by atoms with van der Waals surface area (Å²) in [6.45, 7) is 10.3. The monoisotopic (exact) mass is 536 g/mol. The number of nitrogens with zero attached hydrogens (tertiary/aromatic N) is 6. The van der Waals surface area contributed by atoms with E-state index in [0.29, 0.717) is 50.8 Å². The number of carbonyl (C=O) groups is 1. The fourth-order valence-corrected chi connectivity index (χ4v) is 6.49. The Morgan fingerprint density at radius 3 is 2.33 bits per heavy atom. The number of aryl methyl sites for hydroxylation is 1. The number of rotatable bonds is 9. The molecule has 1 aromatic carbocycles. The Bertz CT molecular complexity index is 1140. The van der Waals surface area contributed by atoms with E-state index in [0.717, 1.165) is 44.6 Å². The summed E-state index contributed by atoms with van der Waals surface area (Å²) in [5, 5.41) is 4.94. The molecule has 0 aliphatic carbocycles. The van der Waals surface area contributed by atoms with Gasteiger partial charge >= 0.3 is 0 Å². The van der Waals surface area contributed by atoms with Gasteiger partial charge in [-0.2, -0.15) is 9.40 Å². The summed E-state index contributed by atoms with van der Waals surface area (Å²) in [4.78, 5) is 19.8. The van der Waals surface area contributed by atoms with Gasteiger partial charge in [-0.3, -0.25) is 14.4 Å². The van der Waals surface area contributed by atoms with Gasteiger partial charge in [-0.25, -0.2) is 8.42 Å². The number of unbranched alkanes of at least 4 members (excludes halogenated alkanes) is 1. The standard InChI is InChI=1S/C25H37ClN6O3S/c1-3-5-10-28-11-13-30(14-12-28)25(33)23-20-31(9-4-2)27-24(23)36(34,35)32-17-15-29(16-18-32)22-8-6-7-21(26)19-22/h6-8,19-20H,3-5,9-18H2,1-2H3. The molecule has 0 radical (unpaired) electrons. The number of amides is 1. The maximum absolute atomic E-state index is 13.7. The van der Waals surface area contributed by atoms with Gasteiger partial charge in [-0.05, 0) is 37.6 Å². The molecule has 9 nitrogen and oxygen atoms in total. The second kappa shape index (κ2) is 11.9. The second-order valence-electron chi connectivity index (χ2n) is 9.47. The second-order valence-corrected chi connectivity index (χ2v) is 11.8. The summed E-state index contributed by atoms with van der Waals surface area (Å²) in [7, 11) is -3.92. The molecule has 4 rings (SSSR count). The third kappa shape index (κ3) is 6.04. The zero-order valence-electron chi connectivity index (χ0n) is 21.3. The highest BCUT2D eigenvalue weighted by Gasteiger charge is 2.36. The molecule has 0 saturated carbocycles. The Labute approximate surface area is 219 Å². The van der Waals surface area contributed by atoms with E-state index in [2.05, 4.69) is 21.8 Å². The molecule has 2 saturated heterocycles. The average Bonchev–Trinajstić information content (AvgIpc) is 3.32. The van der Waals surface area contributed by atoms with Gasteiger partial charge in [0, 0.05) is 75.8 Å². The third-order valence-electron chi connectivity index (χ3n) is 6.89. The molecule has 0 atom stereocenters. The van der Waals surface area contributed by atoms with Crippen LogP contribution in [0, 0.1) is 0 Å². The van der Waals surface area contributed by atoms with Crippen LogP contribution < -0.4 is 4.90 Å². The number of hydrogen-bond donors (Lipinski definition) is 0. The van der Waals surface area contributed by atoms with E-state index in [1.807, 2.05) is 31.2 Å². The van der Waals surface area contributed by atoms with Crippen molar-refractivity contribution in [3.05, 3.63) is 41.0 Å². The molecule has 1 aromatic heterocycles. The fourth-order valence-electron chi connectivity index (χ4n) is 4.79. The maximum Gasteiger partial charge on any atom is 0.263 e. The van der Waals surface area contributed by atoms with Gasteiger partial charge in [0.1, 0.15) is 0 Å². The number of halogens is 1. The summed E-state index contributed by atoms with van der Waals surface area (Å²) in [5.74, 6) is -0.247.